The van der Waals surface area contributed by atoms with E-state index in [0.717, 1.165) is 5.56 Å². The fourth-order valence-corrected chi connectivity index (χ4v) is 6.01. The zero-order valence-electron chi connectivity index (χ0n) is 17.7. The van der Waals surface area contributed by atoms with Crippen molar-refractivity contribution in [2.45, 2.75) is 23.6 Å². The molecule has 0 aromatic heterocycles. The Kier molecular flexibility index (Phi) is 7.37. The van der Waals surface area contributed by atoms with Gasteiger partial charge in [-0.2, -0.15) is 0 Å². The van der Waals surface area contributed by atoms with Gasteiger partial charge in [0.2, 0.25) is 5.91 Å². The first-order valence-electron chi connectivity index (χ1n) is 10.3. The molecule has 1 saturated heterocycles. The number of benzene rings is 3. The number of ether oxygens (including phenoxy) is 1. The number of carbonyl (C=O) groups excluding carboxylic acids is 2. The Labute approximate surface area is 210 Å². The van der Waals surface area contributed by atoms with Crippen molar-refractivity contribution in [2.24, 2.45) is 0 Å². The number of amides is 2. The molecule has 1 fully saturated rings. The van der Waals surface area contributed by atoms with Crippen molar-refractivity contribution in [3.05, 3.63) is 99.5 Å². The predicted octanol–water partition coefficient (Wildman–Crippen LogP) is 4.08. The summed E-state index contributed by atoms with van der Waals surface area (Å²) in [5, 5.41) is 0.517. The molecular formula is C24H20BrClN2O5S. The molecule has 10 heteroatoms. The highest BCUT2D eigenvalue weighted by Crippen LogP contribution is 2.33. The minimum atomic E-state index is -4.19. The van der Waals surface area contributed by atoms with E-state index in [2.05, 4.69) is 20.7 Å². The van der Waals surface area contributed by atoms with Gasteiger partial charge in [0.05, 0.1) is 6.04 Å². The fourth-order valence-electron chi connectivity index (χ4n) is 3.80. The molecule has 0 spiro atoms. The Hall–Kier alpha value is -2.72. The lowest BCUT2D eigenvalue weighted by atomic mass is 9.96. The van der Waals surface area contributed by atoms with Crippen molar-refractivity contribution in [3.63, 3.8) is 0 Å². The SMILES string of the molecule is O=C(NS(=O)(=O)c1ccccc1Br)[C@@H]1OCC(=O)N(Cc2cccc(Cl)c2)[C@@H]1c1ccccc1. The van der Waals surface area contributed by atoms with Crippen LogP contribution in [0.15, 0.2) is 88.2 Å². The van der Waals surface area contributed by atoms with Gasteiger partial charge in [0, 0.05) is 16.0 Å². The summed E-state index contributed by atoms with van der Waals surface area (Å²) in [7, 11) is -4.19. The number of morpholine rings is 1. The van der Waals surface area contributed by atoms with Crippen molar-refractivity contribution in [1.29, 1.82) is 0 Å². The van der Waals surface area contributed by atoms with Crippen LogP contribution in [0.3, 0.4) is 0 Å². The molecule has 1 aliphatic heterocycles. The summed E-state index contributed by atoms with van der Waals surface area (Å²) in [6.07, 6.45) is -1.25. The molecule has 2 atom stereocenters. The molecule has 0 aliphatic carbocycles. The number of rotatable bonds is 6. The molecule has 1 aliphatic rings. The van der Waals surface area contributed by atoms with Crippen LogP contribution in [0.1, 0.15) is 17.2 Å². The number of sulfonamides is 1. The molecular weight excluding hydrogens is 544 g/mol. The van der Waals surface area contributed by atoms with Crippen LogP contribution in [0.5, 0.6) is 0 Å². The molecule has 1 N–H and O–H groups in total. The van der Waals surface area contributed by atoms with E-state index in [1.807, 2.05) is 12.1 Å². The highest BCUT2D eigenvalue weighted by molar-refractivity contribution is 9.10. The average Bonchev–Trinajstić information content (AvgIpc) is 2.80. The van der Waals surface area contributed by atoms with E-state index >= 15 is 0 Å². The van der Waals surface area contributed by atoms with Gasteiger partial charge in [-0.15, -0.1) is 0 Å². The number of halogens is 2. The normalized spacial score (nSPS) is 18.5. The van der Waals surface area contributed by atoms with Crippen LogP contribution in [0.25, 0.3) is 0 Å². The van der Waals surface area contributed by atoms with Gasteiger partial charge in [-0.05, 0) is 51.3 Å². The van der Waals surface area contributed by atoms with Crippen molar-refractivity contribution < 1.29 is 22.7 Å². The van der Waals surface area contributed by atoms with Crippen LogP contribution in [0.4, 0.5) is 0 Å². The Morgan fingerprint density at radius 2 is 1.76 bits per heavy atom. The van der Waals surface area contributed by atoms with E-state index in [1.165, 1.54) is 11.0 Å². The molecule has 0 unspecified atom stereocenters. The first kappa shape index (κ1) is 24.4. The lowest BCUT2D eigenvalue weighted by Crippen LogP contribution is -2.54. The molecule has 0 saturated carbocycles. The Morgan fingerprint density at radius 3 is 2.47 bits per heavy atom. The number of carbonyl (C=O) groups is 2. The standard InChI is InChI=1S/C24H20BrClN2O5S/c25-19-11-4-5-12-20(19)34(31,32)27-24(30)23-22(17-8-2-1-3-9-17)28(21(29)15-33-23)14-16-7-6-10-18(26)13-16/h1-13,22-23H,14-15H2,(H,27,30)/t22-,23-/m1/s1. The molecule has 7 nitrogen and oxygen atoms in total. The van der Waals surface area contributed by atoms with E-state index in [0.29, 0.717) is 15.1 Å². The lowest BCUT2D eigenvalue weighted by Gasteiger charge is -2.40. The van der Waals surface area contributed by atoms with E-state index in [-0.39, 0.29) is 24.0 Å². The van der Waals surface area contributed by atoms with Crippen LogP contribution in [-0.2, 0) is 30.9 Å². The first-order valence-corrected chi connectivity index (χ1v) is 12.9. The van der Waals surface area contributed by atoms with Crippen LogP contribution in [0, 0.1) is 0 Å². The largest absolute Gasteiger partial charge is 0.356 e. The maximum Gasteiger partial charge on any atom is 0.265 e. The van der Waals surface area contributed by atoms with Gasteiger partial charge in [0.15, 0.2) is 6.10 Å². The van der Waals surface area contributed by atoms with E-state index < -0.39 is 28.1 Å². The second-order valence-electron chi connectivity index (χ2n) is 7.64. The van der Waals surface area contributed by atoms with Gasteiger partial charge >= 0.3 is 0 Å². The minimum absolute atomic E-state index is 0.0812. The summed E-state index contributed by atoms with van der Waals surface area (Å²) in [5.41, 5.74) is 1.40. The third-order valence-corrected chi connectivity index (χ3v) is 7.93. The second-order valence-corrected chi connectivity index (χ2v) is 10.6. The number of nitrogens with zero attached hydrogens (tertiary/aromatic N) is 1. The van der Waals surface area contributed by atoms with Crippen LogP contribution >= 0.6 is 27.5 Å². The smallest absolute Gasteiger partial charge is 0.265 e. The maximum atomic E-state index is 13.3. The summed E-state index contributed by atoms with van der Waals surface area (Å²) in [4.78, 5) is 27.6. The first-order chi connectivity index (χ1) is 16.3. The van der Waals surface area contributed by atoms with Crippen LogP contribution < -0.4 is 4.72 Å². The zero-order valence-corrected chi connectivity index (χ0v) is 20.9. The Balaban J connectivity index is 1.68. The summed E-state index contributed by atoms with van der Waals surface area (Å²) in [6.45, 7) is -0.194. The second kappa shape index (κ2) is 10.3. The van der Waals surface area contributed by atoms with E-state index in [9.17, 15) is 18.0 Å². The minimum Gasteiger partial charge on any atom is -0.356 e. The quantitative estimate of drug-likeness (QED) is 0.488. The fraction of sp³-hybridized carbons (Fsp3) is 0.167. The van der Waals surface area contributed by atoms with E-state index in [4.69, 9.17) is 16.3 Å². The third kappa shape index (κ3) is 5.33. The monoisotopic (exact) mass is 562 g/mol. The van der Waals surface area contributed by atoms with Crippen molar-refractivity contribution in [1.82, 2.24) is 9.62 Å². The van der Waals surface area contributed by atoms with Crippen molar-refractivity contribution in [2.75, 3.05) is 6.61 Å². The topological polar surface area (TPSA) is 92.8 Å². The number of hydrogen-bond acceptors (Lipinski definition) is 5. The van der Waals surface area contributed by atoms with Gasteiger partial charge in [-0.1, -0.05) is 66.2 Å². The molecule has 2 amide bonds. The Morgan fingerprint density at radius 1 is 1.06 bits per heavy atom. The maximum absolute atomic E-state index is 13.3. The van der Waals surface area contributed by atoms with Gasteiger partial charge in [0.1, 0.15) is 11.5 Å². The average molecular weight is 564 g/mol. The zero-order chi connectivity index (χ0) is 24.3. The van der Waals surface area contributed by atoms with Gasteiger partial charge in [-0.25, -0.2) is 13.1 Å². The molecule has 176 valence electrons. The van der Waals surface area contributed by atoms with Gasteiger partial charge in [0.25, 0.3) is 15.9 Å². The van der Waals surface area contributed by atoms with Gasteiger partial charge in [-0.3, -0.25) is 9.59 Å². The molecule has 34 heavy (non-hydrogen) atoms. The molecule has 0 bridgehead atoms. The van der Waals surface area contributed by atoms with E-state index in [1.54, 1.807) is 60.7 Å². The highest BCUT2D eigenvalue weighted by atomic mass is 79.9. The molecule has 1 heterocycles. The summed E-state index contributed by atoms with van der Waals surface area (Å²) < 4.78 is 33.9. The molecule has 3 aromatic carbocycles. The Bertz CT molecular complexity index is 1320. The summed E-state index contributed by atoms with van der Waals surface area (Å²) >= 11 is 9.31. The van der Waals surface area contributed by atoms with Crippen LogP contribution in [0.2, 0.25) is 5.02 Å². The number of hydrogen-bond donors (Lipinski definition) is 1. The van der Waals surface area contributed by atoms with Gasteiger partial charge < -0.3 is 9.64 Å². The summed E-state index contributed by atoms with van der Waals surface area (Å²) in [5.74, 6) is -1.19. The molecule has 0 radical (unpaired) electrons. The predicted molar refractivity (Wildman–Crippen MR) is 130 cm³/mol. The molecule has 4 rings (SSSR count). The molecule has 3 aromatic rings. The van der Waals surface area contributed by atoms with Crippen molar-refractivity contribution >= 4 is 49.4 Å². The van der Waals surface area contributed by atoms with Crippen LogP contribution in [-0.4, -0.2) is 37.8 Å². The van der Waals surface area contributed by atoms with Crippen molar-refractivity contribution in [3.8, 4) is 0 Å². The highest BCUT2D eigenvalue weighted by Gasteiger charge is 2.43. The summed E-state index contributed by atoms with van der Waals surface area (Å²) in [6, 6.07) is 21.3. The number of nitrogens with one attached hydrogen (secondary N) is 1. The lowest BCUT2D eigenvalue weighted by molar-refractivity contribution is -0.164. The third-order valence-electron chi connectivity index (χ3n) is 5.33.